The van der Waals surface area contributed by atoms with Crippen LogP contribution in [0.15, 0.2) is 47.3 Å². The predicted molar refractivity (Wildman–Crippen MR) is 118 cm³/mol. The fraction of sp³-hybridized carbons (Fsp3) is 0.318. The first-order valence-electron chi connectivity index (χ1n) is 10.3. The Balaban J connectivity index is 1.31. The van der Waals surface area contributed by atoms with E-state index in [4.69, 9.17) is 0 Å². The second-order valence-electron chi connectivity index (χ2n) is 7.82. The molecule has 1 aliphatic heterocycles. The topological polar surface area (TPSA) is 130 Å². The summed E-state index contributed by atoms with van der Waals surface area (Å²) in [6, 6.07) is 11.5. The van der Waals surface area contributed by atoms with Gasteiger partial charge in [0.25, 0.3) is 0 Å². The van der Waals surface area contributed by atoms with Crippen molar-refractivity contribution in [3.05, 3.63) is 52.9 Å². The Morgan fingerprint density at radius 3 is 2.52 bits per heavy atom. The lowest BCUT2D eigenvalue weighted by atomic mass is 9.94. The number of rotatable bonds is 5. The SMILES string of the molecule is C[C@@H](C(=O)Nc1ccc2[nH]c(=O)[nH]c2c1)N1CCC(C(=O)Nc2ccccc2O)CC1. The third-order valence-corrected chi connectivity index (χ3v) is 5.77. The van der Waals surface area contributed by atoms with Crippen molar-refractivity contribution >= 4 is 34.2 Å². The summed E-state index contributed by atoms with van der Waals surface area (Å²) in [5.74, 6) is -0.388. The van der Waals surface area contributed by atoms with Gasteiger partial charge in [0.1, 0.15) is 5.75 Å². The number of phenolic OH excluding ortho intramolecular Hbond substituents is 1. The number of likely N-dealkylation sites (tertiary alicyclic amines) is 1. The molecule has 0 spiro atoms. The molecule has 0 bridgehead atoms. The highest BCUT2D eigenvalue weighted by Gasteiger charge is 2.30. The summed E-state index contributed by atoms with van der Waals surface area (Å²) < 4.78 is 0. The Hall–Kier alpha value is -3.59. The van der Waals surface area contributed by atoms with Crippen LogP contribution in [0.4, 0.5) is 11.4 Å². The number of anilines is 2. The molecule has 9 heteroatoms. The number of hydrogen-bond donors (Lipinski definition) is 5. The number of H-pyrrole nitrogens is 2. The molecule has 0 unspecified atom stereocenters. The molecule has 1 aliphatic rings. The molecule has 3 aromatic rings. The molecule has 2 heterocycles. The van der Waals surface area contributed by atoms with Crippen LogP contribution >= 0.6 is 0 Å². The molecular formula is C22H25N5O4. The van der Waals surface area contributed by atoms with Crippen LogP contribution in [0, 0.1) is 5.92 Å². The number of phenols is 1. The van der Waals surface area contributed by atoms with Crippen molar-refractivity contribution in [1.82, 2.24) is 14.9 Å². The number of aromatic hydroxyl groups is 1. The number of amides is 2. The number of aromatic nitrogens is 2. The summed E-state index contributed by atoms with van der Waals surface area (Å²) in [6.45, 7) is 3.09. The van der Waals surface area contributed by atoms with Gasteiger partial charge in [-0.3, -0.25) is 14.5 Å². The number of benzene rings is 2. The quantitative estimate of drug-likeness (QED) is 0.402. The van der Waals surface area contributed by atoms with Crippen molar-refractivity contribution in [2.75, 3.05) is 23.7 Å². The van der Waals surface area contributed by atoms with Crippen molar-refractivity contribution in [3.8, 4) is 5.75 Å². The maximum Gasteiger partial charge on any atom is 0.323 e. The van der Waals surface area contributed by atoms with Gasteiger partial charge in [-0.2, -0.15) is 0 Å². The van der Waals surface area contributed by atoms with Gasteiger partial charge in [0.05, 0.1) is 22.8 Å². The summed E-state index contributed by atoms with van der Waals surface area (Å²) in [6.07, 6.45) is 1.27. The zero-order valence-corrected chi connectivity index (χ0v) is 17.1. The highest BCUT2D eigenvalue weighted by molar-refractivity contribution is 5.96. The molecule has 31 heavy (non-hydrogen) atoms. The number of aromatic amines is 2. The zero-order valence-electron chi connectivity index (χ0n) is 17.1. The van der Waals surface area contributed by atoms with E-state index in [9.17, 15) is 19.5 Å². The number of para-hydroxylation sites is 2. The Kier molecular flexibility index (Phi) is 5.77. The number of carbonyl (C=O) groups is 2. The Bertz CT molecular complexity index is 1160. The minimum atomic E-state index is -0.358. The number of nitrogens with one attached hydrogen (secondary N) is 4. The molecule has 9 nitrogen and oxygen atoms in total. The Labute approximate surface area is 178 Å². The molecule has 0 radical (unpaired) electrons. The molecule has 1 atom stereocenters. The van der Waals surface area contributed by atoms with Gasteiger partial charge >= 0.3 is 5.69 Å². The van der Waals surface area contributed by atoms with Gasteiger partial charge < -0.3 is 25.7 Å². The summed E-state index contributed by atoms with van der Waals surface area (Å²) in [5.41, 5.74) is 2.04. The van der Waals surface area contributed by atoms with E-state index in [0.29, 0.717) is 48.3 Å². The van der Waals surface area contributed by atoms with Crippen molar-refractivity contribution in [3.63, 3.8) is 0 Å². The third kappa shape index (κ3) is 4.61. The van der Waals surface area contributed by atoms with Gasteiger partial charge in [0, 0.05) is 11.6 Å². The molecule has 0 saturated carbocycles. The van der Waals surface area contributed by atoms with Gasteiger partial charge in [-0.25, -0.2) is 4.79 Å². The van der Waals surface area contributed by atoms with Crippen LogP contribution in [-0.2, 0) is 9.59 Å². The first-order valence-corrected chi connectivity index (χ1v) is 10.3. The van der Waals surface area contributed by atoms with Crippen molar-refractivity contribution in [1.29, 1.82) is 0 Å². The summed E-state index contributed by atoms with van der Waals surface area (Å²) in [5, 5.41) is 15.5. The van der Waals surface area contributed by atoms with Crippen molar-refractivity contribution < 1.29 is 14.7 Å². The third-order valence-electron chi connectivity index (χ3n) is 5.77. The van der Waals surface area contributed by atoms with Crippen LogP contribution in [0.2, 0.25) is 0 Å². The van der Waals surface area contributed by atoms with Crippen LogP contribution in [0.5, 0.6) is 5.75 Å². The molecule has 4 rings (SSSR count). The molecule has 1 fully saturated rings. The van der Waals surface area contributed by atoms with E-state index in [1.165, 1.54) is 6.07 Å². The molecule has 2 amide bonds. The molecule has 0 aliphatic carbocycles. The van der Waals surface area contributed by atoms with E-state index in [1.54, 1.807) is 36.4 Å². The van der Waals surface area contributed by atoms with E-state index in [1.807, 2.05) is 6.92 Å². The van der Waals surface area contributed by atoms with Gasteiger partial charge in [0.15, 0.2) is 0 Å². The standard InChI is InChI=1S/C22H25N5O4/c1-13(20(29)23-15-6-7-16-18(12-15)26-22(31)25-16)27-10-8-14(9-11-27)21(30)24-17-4-2-3-5-19(17)28/h2-7,12-14,28H,8-11H2,1H3,(H,23,29)(H,24,30)(H2,25,26,31)/t13-/m0/s1. The fourth-order valence-electron chi connectivity index (χ4n) is 3.89. The van der Waals surface area contributed by atoms with Gasteiger partial charge in [-0.15, -0.1) is 0 Å². The largest absolute Gasteiger partial charge is 0.506 e. The van der Waals surface area contributed by atoms with Crippen molar-refractivity contribution in [2.24, 2.45) is 5.92 Å². The molecular weight excluding hydrogens is 398 g/mol. The number of carbonyl (C=O) groups excluding carboxylic acids is 2. The highest BCUT2D eigenvalue weighted by Crippen LogP contribution is 2.25. The maximum atomic E-state index is 12.7. The lowest BCUT2D eigenvalue weighted by Crippen LogP contribution is -2.47. The van der Waals surface area contributed by atoms with Crippen LogP contribution in [0.25, 0.3) is 11.0 Å². The Morgan fingerprint density at radius 1 is 1.06 bits per heavy atom. The second kappa shape index (κ2) is 8.65. The normalized spacial score (nSPS) is 16.2. The van der Waals surface area contributed by atoms with E-state index in [-0.39, 0.29) is 35.2 Å². The smallest absolute Gasteiger partial charge is 0.323 e. The first kappa shape index (κ1) is 20.7. The Morgan fingerprint density at radius 2 is 1.77 bits per heavy atom. The maximum absolute atomic E-state index is 12.7. The summed E-state index contributed by atoms with van der Waals surface area (Å²) in [4.78, 5) is 44.0. The monoisotopic (exact) mass is 423 g/mol. The van der Waals surface area contributed by atoms with Crippen LogP contribution in [0.1, 0.15) is 19.8 Å². The first-order chi connectivity index (χ1) is 14.9. The van der Waals surface area contributed by atoms with E-state index in [2.05, 4.69) is 25.5 Å². The predicted octanol–water partition coefficient (Wildman–Crippen LogP) is 2.24. The number of fused-ring (bicyclic) bond motifs is 1. The minimum absolute atomic E-state index is 0.0421. The number of nitrogens with zero attached hydrogens (tertiary/aromatic N) is 1. The van der Waals surface area contributed by atoms with E-state index in [0.717, 1.165) is 0 Å². The number of imidazole rings is 1. The minimum Gasteiger partial charge on any atom is -0.506 e. The highest BCUT2D eigenvalue weighted by atomic mass is 16.3. The van der Waals surface area contributed by atoms with E-state index >= 15 is 0 Å². The van der Waals surface area contributed by atoms with Crippen LogP contribution in [-0.4, -0.2) is 50.9 Å². The summed E-state index contributed by atoms with van der Waals surface area (Å²) in [7, 11) is 0. The second-order valence-corrected chi connectivity index (χ2v) is 7.82. The molecule has 1 saturated heterocycles. The molecule has 162 valence electrons. The molecule has 1 aromatic heterocycles. The van der Waals surface area contributed by atoms with Gasteiger partial charge in [0.2, 0.25) is 11.8 Å². The average molecular weight is 423 g/mol. The summed E-state index contributed by atoms with van der Waals surface area (Å²) >= 11 is 0. The number of piperidine rings is 1. The average Bonchev–Trinajstić information content (AvgIpc) is 3.14. The molecule has 5 N–H and O–H groups in total. The lowest BCUT2D eigenvalue weighted by Gasteiger charge is -2.34. The van der Waals surface area contributed by atoms with Crippen LogP contribution in [0.3, 0.4) is 0 Å². The fourth-order valence-corrected chi connectivity index (χ4v) is 3.89. The van der Waals surface area contributed by atoms with Crippen molar-refractivity contribution in [2.45, 2.75) is 25.8 Å². The zero-order chi connectivity index (χ0) is 22.0. The lowest BCUT2D eigenvalue weighted by molar-refractivity contribution is -0.123. The van der Waals surface area contributed by atoms with Gasteiger partial charge in [-0.1, -0.05) is 12.1 Å². The van der Waals surface area contributed by atoms with Crippen LogP contribution < -0.4 is 16.3 Å². The van der Waals surface area contributed by atoms with Gasteiger partial charge in [-0.05, 0) is 63.2 Å². The number of hydrogen-bond acceptors (Lipinski definition) is 5. The van der Waals surface area contributed by atoms with E-state index < -0.39 is 0 Å². The molecule has 2 aromatic carbocycles.